The first-order chi connectivity index (χ1) is 9.54. The second-order valence-corrected chi connectivity index (χ2v) is 5.32. The Labute approximate surface area is 129 Å². The van der Waals surface area contributed by atoms with Gasteiger partial charge in [-0.2, -0.15) is 8.78 Å². The first-order valence-corrected chi connectivity index (χ1v) is 7.15. The topological polar surface area (TPSA) is 34.4 Å². The summed E-state index contributed by atoms with van der Waals surface area (Å²) in [5.74, 6) is 1.000. The Bertz CT molecular complexity index is 560. The van der Waals surface area contributed by atoms with Crippen molar-refractivity contribution < 1.29 is 17.9 Å². The molecule has 0 amide bonds. The molecule has 0 radical (unpaired) electrons. The van der Waals surface area contributed by atoms with Crippen molar-refractivity contribution in [3.8, 4) is 5.75 Å². The fraction of sp³-hybridized carbons (Fsp3) is 0.286. The summed E-state index contributed by atoms with van der Waals surface area (Å²) in [6.07, 6.45) is 0. The van der Waals surface area contributed by atoms with Gasteiger partial charge in [-0.1, -0.05) is 12.1 Å². The highest BCUT2D eigenvalue weighted by Crippen LogP contribution is 2.21. The zero-order valence-corrected chi connectivity index (χ0v) is 12.9. The monoisotopic (exact) mass is 393 g/mol. The predicted molar refractivity (Wildman–Crippen MR) is 79.8 cm³/mol. The van der Waals surface area contributed by atoms with Gasteiger partial charge >= 0.3 is 6.61 Å². The normalized spacial score (nSPS) is 12.7. The van der Waals surface area contributed by atoms with Gasteiger partial charge < -0.3 is 14.5 Å². The highest BCUT2D eigenvalue weighted by Gasteiger charge is 2.09. The molecule has 0 spiro atoms. The molecule has 3 nitrogen and oxygen atoms in total. The molecule has 1 unspecified atom stereocenters. The molecule has 0 fully saturated rings. The average molecular weight is 393 g/mol. The van der Waals surface area contributed by atoms with Gasteiger partial charge in [0.1, 0.15) is 11.5 Å². The number of furan rings is 1. The second kappa shape index (κ2) is 7.03. The maximum atomic E-state index is 12.2. The van der Waals surface area contributed by atoms with E-state index in [1.165, 1.54) is 6.07 Å². The number of halogens is 3. The van der Waals surface area contributed by atoms with Crippen LogP contribution in [0.2, 0.25) is 0 Å². The number of ether oxygens (including phenoxy) is 1. The molecule has 1 aromatic carbocycles. The van der Waals surface area contributed by atoms with Crippen molar-refractivity contribution in [2.45, 2.75) is 26.1 Å². The van der Waals surface area contributed by atoms with E-state index in [0.29, 0.717) is 6.54 Å². The fourth-order valence-corrected chi connectivity index (χ4v) is 2.24. The minimum Gasteiger partial charge on any atom is -0.454 e. The highest BCUT2D eigenvalue weighted by atomic mass is 127. The number of benzene rings is 1. The quantitative estimate of drug-likeness (QED) is 0.742. The summed E-state index contributed by atoms with van der Waals surface area (Å²) in [5.41, 5.74) is 0.879. The van der Waals surface area contributed by atoms with Crippen LogP contribution in [0, 0.1) is 3.77 Å². The zero-order chi connectivity index (χ0) is 14.5. The summed E-state index contributed by atoms with van der Waals surface area (Å²) in [7, 11) is 0. The smallest absolute Gasteiger partial charge is 0.387 e. The van der Waals surface area contributed by atoms with Crippen LogP contribution in [0.15, 0.2) is 40.8 Å². The highest BCUT2D eigenvalue weighted by molar-refractivity contribution is 14.1. The zero-order valence-electron chi connectivity index (χ0n) is 10.8. The van der Waals surface area contributed by atoms with Crippen molar-refractivity contribution >= 4 is 22.6 Å². The van der Waals surface area contributed by atoms with Crippen LogP contribution in [0.25, 0.3) is 0 Å². The molecular weight excluding hydrogens is 379 g/mol. The predicted octanol–water partition coefficient (Wildman–Crippen LogP) is 4.34. The van der Waals surface area contributed by atoms with Gasteiger partial charge in [-0.05, 0) is 59.3 Å². The Morgan fingerprint density at radius 2 is 2.10 bits per heavy atom. The molecule has 108 valence electrons. The molecule has 0 aliphatic carbocycles. The molecule has 6 heteroatoms. The van der Waals surface area contributed by atoms with Gasteiger partial charge in [-0.3, -0.25) is 0 Å². The van der Waals surface area contributed by atoms with Gasteiger partial charge in [0, 0.05) is 6.04 Å². The summed E-state index contributed by atoms with van der Waals surface area (Å²) in [6, 6.07) is 10.5. The largest absolute Gasteiger partial charge is 0.454 e. The molecule has 1 aromatic heterocycles. The van der Waals surface area contributed by atoms with Crippen molar-refractivity contribution in [3.63, 3.8) is 0 Å². The molecule has 0 aliphatic rings. The maximum absolute atomic E-state index is 12.2. The SMILES string of the molecule is CC(NCc1ccc(I)o1)c1cccc(OC(F)F)c1. The van der Waals surface area contributed by atoms with E-state index in [9.17, 15) is 8.78 Å². The van der Waals surface area contributed by atoms with Crippen LogP contribution in [0.4, 0.5) is 8.78 Å². The van der Waals surface area contributed by atoms with Crippen molar-refractivity contribution in [2.24, 2.45) is 0 Å². The molecule has 1 N–H and O–H groups in total. The second-order valence-electron chi connectivity index (χ2n) is 4.26. The Morgan fingerprint density at radius 1 is 1.30 bits per heavy atom. The van der Waals surface area contributed by atoms with E-state index in [1.807, 2.05) is 25.1 Å². The Kier molecular flexibility index (Phi) is 5.36. The number of rotatable bonds is 6. The Morgan fingerprint density at radius 3 is 2.75 bits per heavy atom. The lowest BCUT2D eigenvalue weighted by atomic mass is 10.1. The van der Waals surface area contributed by atoms with Crippen LogP contribution < -0.4 is 10.1 Å². The van der Waals surface area contributed by atoms with Gasteiger partial charge in [-0.15, -0.1) is 0 Å². The lowest BCUT2D eigenvalue weighted by molar-refractivity contribution is -0.0499. The molecule has 0 aliphatic heterocycles. The van der Waals surface area contributed by atoms with E-state index in [-0.39, 0.29) is 11.8 Å². The van der Waals surface area contributed by atoms with Crippen LogP contribution >= 0.6 is 22.6 Å². The van der Waals surface area contributed by atoms with Crippen molar-refractivity contribution in [1.29, 1.82) is 0 Å². The molecule has 20 heavy (non-hydrogen) atoms. The van der Waals surface area contributed by atoms with E-state index < -0.39 is 6.61 Å². The average Bonchev–Trinajstić information content (AvgIpc) is 2.81. The first-order valence-electron chi connectivity index (χ1n) is 6.07. The summed E-state index contributed by atoms with van der Waals surface area (Å²) >= 11 is 2.10. The number of alkyl halides is 2. The van der Waals surface area contributed by atoms with Crippen LogP contribution in [0.3, 0.4) is 0 Å². The van der Waals surface area contributed by atoms with Crippen LogP contribution in [-0.2, 0) is 6.54 Å². The van der Waals surface area contributed by atoms with Gasteiger partial charge in [0.25, 0.3) is 0 Å². The molecule has 0 saturated heterocycles. The molecular formula is C14H14F2INO2. The van der Waals surface area contributed by atoms with Crippen LogP contribution in [-0.4, -0.2) is 6.61 Å². The van der Waals surface area contributed by atoms with Gasteiger partial charge in [0.2, 0.25) is 0 Å². The molecule has 0 bridgehead atoms. The summed E-state index contributed by atoms with van der Waals surface area (Å²) in [4.78, 5) is 0. The molecule has 2 rings (SSSR count). The van der Waals surface area contributed by atoms with Crippen LogP contribution in [0.1, 0.15) is 24.3 Å². The summed E-state index contributed by atoms with van der Waals surface area (Å²) in [6.45, 7) is -0.279. The third kappa shape index (κ3) is 4.45. The molecule has 0 saturated carbocycles. The van der Waals surface area contributed by atoms with Gasteiger partial charge in [0.05, 0.1) is 6.54 Å². The maximum Gasteiger partial charge on any atom is 0.387 e. The third-order valence-corrected chi connectivity index (χ3v) is 3.37. The summed E-state index contributed by atoms with van der Waals surface area (Å²) < 4.78 is 35.0. The summed E-state index contributed by atoms with van der Waals surface area (Å²) in [5, 5.41) is 3.27. The van der Waals surface area contributed by atoms with E-state index in [2.05, 4.69) is 32.6 Å². The van der Waals surface area contributed by atoms with Crippen molar-refractivity contribution in [2.75, 3.05) is 0 Å². The van der Waals surface area contributed by atoms with Gasteiger partial charge in [0.15, 0.2) is 3.77 Å². The van der Waals surface area contributed by atoms with E-state index >= 15 is 0 Å². The standard InChI is InChI=1S/C14H14F2INO2/c1-9(18-8-12-5-6-13(17)19-12)10-3-2-4-11(7-10)20-14(15)16/h2-7,9,14,18H,8H2,1H3. The lowest BCUT2D eigenvalue weighted by Gasteiger charge is -2.14. The molecule has 1 atom stereocenters. The molecule has 2 aromatic rings. The third-order valence-electron chi connectivity index (χ3n) is 2.79. The van der Waals surface area contributed by atoms with E-state index in [0.717, 1.165) is 15.1 Å². The first kappa shape index (κ1) is 15.2. The van der Waals surface area contributed by atoms with Crippen molar-refractivity contribution in [3.05, 3.63) is 51.5 Å². The van der Waals surface area contributed by atoms with Crippen LogP contribution in [0.5, 0.6) is 5.75 Å². The number of nitrogens with one attached hydrogen (secondary N) is 1. The Balaban J connectivity index is 1.96. The van der Waals surface area contributed by atoms with E-state index in [4.69, 9.17) is 4.42 Å². The minimum atomic E-state index is -2.81. The van der Waals surface area contributed by atoms with E-state index in [1.54, 1.807) is 12.1 Å². The molecule has 1 heterocycles. The van der Waals surface area contributed by atoms with Crippen molar-refractivity contribution in [1.82, 2.24) is 5.32 Å². The minimum absolute atomic E-state index is 0.000941. The fourth-order valence-electron chi connectivity index (χ4n) is 1.78. The van der Waals surface area contributed by atoms with Gasteiger partial charge in [-0.25, -0.2) is 0 Å². The number of hydrogen-bond acceptors (Lipinski definition) is 3. The number of hydrogen-bond donors (Lipinski definition) is 1. The Hall–Kier alpha value is -1.15. The lowest BCUT2D eigenvalue weighted by Crippen LogP contribution is -2.17.